The van der Waals surface area contributed by atoms with Crippen molar-refractivity contribution in [3.63, 3.8) is 0 Å². The zero-order valence-electron chi connectivity index (χ0n) is 21.4. The third-order valence-corrected chi connectivity index (χ3v) is 7.46. The molecule has 1 aliphatic carbocycles. The molecule has 198 valence electrons. The number of benzene rings is 2. The van der Waals surface area contributed by atoms with Crippen molar-refractivity contribution in [2.45, 2.75) is 50.5 Å². The lowest BCUT2D eigenvalue weighted by atomic mass is 9.71. The summed E-state index contributed by atoms with van der Waals surface area (Å²) in [6.07, 6.45) is 2.34. The van der Waals surface area contributed by atoms with Gasteiger partial charge in [0.05, 0.1) is 23.7 Å². The Morgan fingerprint density at radius 3 is 2.74 bits per heavy atom. The summed E-state index contributed by atoms with van der Waals surface area (Å²) in [6.45, 7) is 2.53. The molecule has 9 heteroatoms. The molecule has 2 aliphatic heterocycles. The van der Waals surface area contributed by atoms with E-state index < -0.39 is 16.8 Å². The molecule has 9 nitrogen and oxygen atoms in total. The van der Waals surface area contributed by atoms with E-state index in [0.717, 1.165) is 18.4 Å². The first-order chi connectivity index (χ1) is 18.4. The summed E-state index contributed by atoms with van der Waals surface area (Å²) in [5.41, 5.74) is 3.33. The number of nitrogens with zero attached hydrogens (tertiary/aromatic N) is 1. The molecule has 2 aromatic carbocycles. The fraction of sp³-hybridized carbons (Fsp3) is 0.379. The van der Waals surface area contributed by atoms with E-state index >= 15 is 0 Å². The summed E-state index contributed by atoms with van der Waals surface area (Å²) < 4.78 is 16.8. The minimum absolute atomic E-state index is 0.108. The fourth-order valence-corrected chi connectivity index (χ4v) is 5.71. The number of hydrogen-bond donors (Lipinski definition) is 1. The number of para-hydroxylation sites is 1. The number of Topliss-reactive ketones (excluding diaryl/α,β-unsaturated/α-hetero) is 1. The Morgan fingerprint density at radius 2 is 2.00 bits per heavy atom. The van der Waals surface area contributed by atoms with Gasteiger partial charge in [0, 0.05) is 54.0 Å². The Bertz CT molecular complexity index is 1340. The van der Waals surface area contributed by atoms with E-state index in [2.05, 4.69) is 5.32 Å². The van der Waals surface area contributed by atoms with E-state index in [-0.39, 0.29) is 42.1 Å². The molecule has 0 unspecified atom stereocenters. The summed E-state index contributed by atoms with van der Waals surface area (Å²) in [5, 5.41) is 14.9. The maximum Gasteiger partial charge on any atom is 0.336 e. The summed E-state index contributed by atoms with van der Waals surface area (Å²) in [7, 11) is 1.60. The van der Waals surface area contributed by atoms with Crippen LogP contribution in [0.2, 0.25) is 0 Å². The number of nitrogens with one attached hydrogen (secondary N) is 1. The first-order valence-electron chi connectivity index (χ1n) is 12.8. The zero-order chi connectivity index (χ0) is 26.8. The summed E-state index contributed by atoms with van der Waals surface area (Å²) in [4.78, 5) is 38.3. The Labute approximate surface area is 220 Å². The molecule has 0 bridgehead atoms. The highest BCUT2D eigenvalue weighted by Gasteiger charge is 2.42. The second-order valence-electron chi connectivity index (χ2n) is 9.84. The van der Waals surface area contributed by atoms with Gasteiger partial charge in [-0.05, 0) is 43.4 Å². The highest BCUT2D eigenvalue weighted by atomic mass is 16.6. The molecule has 5 rings (SSSR count). The number of ether oxygens (including phenoxy) is 3. The standard InChI is InChI=1S/C29H30N2O7/c1-17-26(29(33)38-16-21-9-6-12-37-21)27(18-7-5-8-20(13-18)31(34)35)28-23(30-17)14-19(15-24(28)32)22-10-3-4-11-25(22)36-2/h3-5,7-8,10-11,13,19,21,27,30H,6,9,12,14-16H2,1-2H3/t19-,21-,27-/m0/s1. The van der Waals surface area contributed by atoms with Gasteiger partial charge in [0.15, 0.2) is 5.78 Å². The third kappa shape index (κ3) is 4.93. The first kappa shape index (κ1) is 25.7. The van der Waals surface area contributed by atoms with E-state index in [4.69, 9.17) is 14.2 Å². The van der Waals surface area contributed by atoms with Crippen LogP contribution in [0, 0.1) is 10.1 Å². The highest BCUT2D eigenvalue weighted by Crippen LogP contribution is 2.47. The SMILES string of the molecule is COc1ccccc1[C@@H]1CC(=O)C2=C(C1)NC(C)=C(C(=O)OC[C@@H]1CCCO1)[C@@H]2c1cccc([N+](=O)[O-])c1. The molecule has 1 fully saturated rings. The molecule has 3 aliphatic rings. The number of hydrogen-bond acceptors (Lipinski definition) is 8. The van der Waals surface area contributed by atoms with Gasteiger partial charge in [-0.3, -0.25) is 14.9 Å². The predicted octanol–water partition coefficient (Wildman–Crippen LogP) is 4.69. The maximum atomic E-state index is 13.8. The van der Waals surface area contributed by atoms with Crippen LogP contribution in [0.25, 0.3) is 0 Å². The zero-order valence-corrected chi connectivity index (χ0v) is 21.4. The van der Waals surface area contributed by atoms with Crippen LogP contribution < -0.4 is 10.1 Å². The van der Waals surface area contributed by atoms with Crippen LogP contribution >= 0.6 is 0 Å². The number of rotatable bonds is 7. The van der Waals surface area contributed by atoms with Crippen LogP contribution in [0.5, 0.6) is 5.75 Å². The van der Waals surface area contributed by atoms with Gasteiger partial charge < -0.3 is 19.5 Å². The largest absolute Gasteiger partial charge is 0.496 e. The monoisotopic (exact) mass is 518 g/mol. The van der Waals surface area contributed by atoms with Crippen molar-refractivity contribution in [3.8, 4) is 5.75 Å². The fourth-order valence-electron chi connectivity index (χ4n) is 5.71. The van der Waals surface area contributed by atoms with E-state index in [1.54, 1.807) is 26.2 Å². The average Bonchev–Trinajstić information content (AvgIpc) is 3.44. The smallest absolute Gasteiger partial charge is 0.336 e. The highest BCUT2D eigenvalue weighted by molar-refractivity contribution is 6.04. The van der Waals surface area contributed by atoms with Gasteiger partial charge in [-0.15, -0.1) is 0 Å². The third-order valence-electron chi connectivity index (χ3n) is 7.46. The summed E-state index contributed by atoms with van der Waals surface area (Å²) >= 11 is 0. The summed E-state index contributed by atoms with van der Waals surface area (Å²) in [5.74, 6) is -0.868. The van der Waals surface area contributed by atoms with Crippen molar-refractivity contribution in [1.29, 1.82) is 0 Å². The predicted molar refractivity (Wildman–Crippen MR) is 139 cm³/mol. The van der Waals surface area contributed by atoms with Gasteiger partial charge in [-0.1, -0.05) is 30.3 Å². The molecule has 0 radical (unpaired) electrons. The van der Waals surface area contributed by atoms with Crippen LogP contribution in [0.15, 0.2) is 71.1 Å². The van der Waals surface area contributed by atoms with Crippen molar-refractivity contribution < 1.29 is 28.7 Å². The van der Waals surface area contributed by atoms with Crippen molar-refractivity contribution in [2.24, 2.45) is 0 Å². The average molecular weight is 519 g/mol. The van der Waals surface area contributed by atoms with Crippen LogP contribution in [-0.4, -0.2) is 43.1 Å². The number of non-ortho nitro benzene ring substituents is 1. The van der Waals surface area contributed by atoms with Crippen molar-refractivity contribution in [3.05, 3.63) is 92.3 Å². The Balaban J connectivity index is 1.54. The van der Waals surface area contributed by atoms with Gasteiger partial charge >= 0.3 is 5.97 Å². The molecule has 0 amide bonds. The number of esters is 1. The van der Waals surface area contributed by atoms with Gasteiger partial charge in [0.25, 0.3) is 5.69 Å². The Hall–Kier alpha value is -3.98. The number of carbonyl (C=O) groups excluding carboxylic acids is 2. The minimum atomic E-state index is -0.783. The number of methoxy groups -OCH3 is 1. The van der Waals surface area contributed by atoms with Gasteiger partial charge in [-0.2, -0.15) is 0 Å². The normalized spacial score (nSPS) is 23.1. The topological polar surface area (TPSA) is 117 Å². The molecule has 2 aromatic rings. The molecular weight excluding hydrogens is 488 g/mol. The number of allylic oxidation sites excluding steroid dienone is 3. The van der Waals surface area contributed by atoms with Crippen LogP contribution in [-0.2, 0) is 19.1 Å². The van der Waals surface area contributed by atoms with E-state index in [9.17, 15) is 19.7 Å². The number of nitro benzene ring substituents is 1. The van der Waals surface area contributed by atoms with Crippen molar-refractivity contribution in [2.75, 3.05) is 20.3 Å². The van der Waals surface area contributed by atoms with Gasteiger partial charge in [-0.25, -0.2) is 4.79 Å². The number of ketones is 1. The second kappa shape index (κ2) is 10.8. The quantitative estimate of drug-likeness (QED) is 0.319. The van der Waals surface area contributed by atoms with E-state index in [1.165, 1.54) is 12.1 Å². The Kier molecular flexibility index (Phi) is 7.28. The minimum Gasteiger partial charge on any atom is -0.496 e. The van der Waals surface area contributed by atoms with Crippen LogP contribution in [0.3, 0.4) is 0 Å². The molecule has 38 heavy (non-hydrogen) atoms. The molecule has 1 N–H and O–H groups in total. The van der Waals surface area contributed by atoms with Gasteiger partial charge in [0.2, 0.25) is 0 Å². The first-order valence-corrected chi connectivity index (χ1v) is 12.8. The van der Waals surface area contributed by atoms with Crippen molar-refractivity contribution >= 4 is 17.4 Å². The van der Waals surface area contributed by atoms with E-state index in [1.807, 2.05) is 24.3 Å². The maximum absolute atomic E-state index is 13.8. The van der Waals surface area contributed by atoms with Crippen molar-refractivity contribution in [1.82, 2.24) is 5.32 Å². The lowest BCUT2D eigenvalue weighted by Crippen LogP contribution is -2.36. The van der Waals surface area contributed by atoms with Crippen LogP contribution in [0.4, 0.5) is 5.69 Å². The number of dihydropyridines is 1. The molecule has 1 saturated heterocycles. The Morgan fingerprint density at radius 1 is 1.18 bits per heavy atom. The lowest BCUT2D eigenvalue weighted by molar-refractivity contribution is -0.384. The molecule has 0 saturated carbocycles. The second-order valence-corrected chi connectivity index (χ2v) is 9.84. The number of carbonyl (C=O) groups is 2. The van der Waals surface area contributed by atoms with Crippen LogP contribution in [0.1, 0.15) is 55.6 Å². The molecular formula is C29H30N2O7. The van der Waals surface area contributed by atoms with E-state index in [0.29, 0.717) is 41.3 Å². The molecule has 0 aromatic heterocycles. The molecule has 0 spiro atoms. The van der Waals surface area contributed by atoms with Gasteiger partial charge in [0.1, 0.15) is 12.4 Å². The molecule has 2 heterocycles. The lowest BCUT2D eigenvalue weighted by Gasteiger charge is -2.37. The number of nitro groups is 1. The molecule has 3 atom stereocenters. The summed E-state index contributed by atoms with van der Waals surface area (Å²) in [6, 6.07) is 13.7.